The van der Waals surface area contributed by atoms with E-state index >= 15 is 0 Å². The minimum absolute atomic E-state index is 0.326. The van der Waals surface area contributed by atoms with Gasteiger partial charge in [-0.25, -0.2) is 0 Å². The predicted molar refractivity (Wildman–Crippen MR) is 81.1 cm³/mol. The van der Waals surface area contributed by atoms with Crippen LogP contribution in [0.5, 0.6) is 0 Å². The van der Waals surface area contributed by atoms with Crippen molar-refractivity contribution < 1.29 is 18.0 Å². The van der Waals surface area contributed by atoms with E-state index in [-0.39, 0.29) is 6.04 Å². The highest BCUT2D eigenvalue weighted by molar-refractivity contribution is 5.76. The lowest BCUT2D eigenvalue weighted by Gasteiger charge is -2.25. The van der Waals surface area contributed by atoms with Crippen LogP contribution in [0.25, 0.3) is 0 Å². The van der Waals surface area contributed by atoms with Crippen molar-refractivity contribution in [1.82, 2.24) is 14.5 Å². The average molecular weight is 339 g/mol. The van der Waals surface area contributed by atoms with Gasteiger partial charge in [-0.15, -0.1) is 0 Å². The monoisotopic (exact) mass is 339 g/mol. The minimum atomic E-state index is -4.75. The van der Waals surface area contributed by atoms with Crippen molar-refractivity contribution in [2.45, 2.75) is 25.7 Å². The molecular formula is C16H16F3N3O2. The molecule has 0 aliphatic rings. The molecule has 1 atom stereocenters. The zero-order chi connectivity index (χ0) is 17.9. The second-order valence-corrected chi connectivity index (χ2v) is 5.32. The van der Waals surface area contributed by atoms with Crippen LogP contribution in [0.4, 0.5) is 13.2 Å². The molecule has 1 amide bonds. The Balaban J connectivity index is 2.20. The van der Waals surface area contributed by atoms with Gasteiger partial charge in [0.05, 0.1) is 6.04 Å². The molecule has 8 heteroatoms. The van der Waals surface area contributed by atoms with E-state index in [0.717, 1.165) is 22.4 Å². The fraction of sp³-hybridized carbons (Fsp3) is 0.312. The van der Waals surface area contributed by atoms with Crippen molar-refractivity contribution in [3.8, 4) is 0 Å². The highest BCUT2D eigenvalue weighted by atomic mass is 19.4. The summed E-state index contributed by atoms with van der Waals surface area (Å²) in [7, 11) is 1.53. The van der Waals surface area contributed by atoms with Crippen molar-refractivity contribution in [2.75, 3.05) is 7.05 Å². The van der Waals surface area contributed by atoms with Gasteiger partial charge in [0.2, 0.25) is 5.91 Å². The summed E-state index contributed by atoms with van der Waals surface area (Å²) >= 11 is 0. The minimum Gasteiger partial charge on any atom is -0.337 e. The van der Waals surface area contributed by atoms with E-state index in [1.807, 2.05) is 0 Å². The van der Waals surface area contributed by atoms with Crippen molar-refractivity contribution in [1.29, 1.82) is 0 Å². The number of likely N-dealkylation sites (N-methyl/N-ethyl adjacent to an activating group) is 1. The first kappa shape index (κ1) is 17.7. The van der Waals surface area contributed by atoms with Gasteiger partial charge in [0.15, 0.2) is 0 Å². The quantitative estimate of drug-likeness (QED) is 0.860. The van der Waals surface area contributed by atoms with Gasteiger partial charge in [-0.3, -0.25) is 14.6 Å². The number of hydrogen-bond donors (Lipinski definition) is 0. The number of pyridine rings is 2. The van der Waals surface area contributed by atoms with E-state index in [1.165, 1.54) is 11.9 Å². The Kier molecular flexibility index (Phi) is 5.06. The summed E-state index contributed by atoms with van der Waals surface area (Å²) in [5.74, 6) is -0.479. The summed E-state index contributed by atoms with van der Waals surface area (Å²) in [6.07, 6.45) is -0.388. The lowest BCUT2D eigenvalue weighted by molar-refractivity contribution is -0.139. The van der Waals surface area contributed by atoms with Crippen molar-refractivity contribution >= 4 is 5.91 Å². The molecule has 0 N–H and O–H groups in total. The van der Waals surface area contributed by atoms with Gasteiger partial charge in [-0.2, -0.15) is 13.2 Å². The Bertz CT molecular complexity index is 772. The number of alkyl halides is 3. The molecule has 0 aliphatic heterocycles. The smallest absolute Gasteiger partial charge is 0.337 e. The lowest BCUT2D eigenvalue weighted by Crippen LogP contribution is -2.37. The summed E-state index contributed by atoms with van der Waals surface area (Å²) in [6.45, 7) is 1.30. The average Bonchev–Trinajstić information content (AvgIpc) is 2.55. The largest absolute Gasteiger partial charge is 0.421 e. The number of halogens is 3. The Labute approximate surface area is 136 Å². The van der Waals surface area contributed by atoms with Crippen molar-refractivity contribution in [3.63, 3.8) is 0 Å². The van der Waals surface area contributed by atoms with Gasteiger partial charge in [-0.05, 0) is 30.7 Å². The molecular weight excluding hydrogens is 323 g/mol. The third-order valence-electron chi connectivity index (χ3n) is 3.77. The molecule has 0 saturated heterocycles. The lowest BCUT2D eigenvalue weighted by atomic mass is 10.1. The molecule has 2 aromatic heterocycles. The van der Waals surface area contributed by atoms with E-state index in [2.05, 4.69) is 4.98 Å². The Morgan fingerprint density at radius 3 is 2.62 bits per heavy atom. The third-order valence-corrected chi connectivity index (χ3v) is 3.77. The number of carbonyl (C=O) groups excluding carboxylic acids is 1. The number of hydrogen-bond acceptors (Lipinski definition) is 3. The van der Waals surface area contributed by atoms with Crippen molar-refractivity contribution in [3.05, 3.63) is 64.3 Å². The molecule has 128 valence electrons. The maximum absolute atomic E-state index is 12.8. The fourth-order valence-electron chi connectivity index (χ4n) is 2.20. The summed E-state index contributed by atoms with van der Waals surface area (Å²) < 4.78 is 39.0. The number of nitrogens with zero attached hydrogens (tertiary/aromatic N) is 3. The number of amides is 1. The summed E-state index contributed by atoms with van der Waals surface area (Å²) in [6, 6.07) is 4.99. The predicted octanol–water partition coefficient (Wildman–Crippen LogP) is 2.48. The van der Waals surface area contributed by atoms with E-state index in [0.29, 0.717) is 6.07 Å². The molecule has 0 spiro atoms. The van der Waals surface area contributed by atoms with Crippen LogP contribution in [-0.4, -0.2) is 27.4 Å². The molecule has 2 rings (SSSR count). The van der Waals surface area contributed by atoms with E-state index in [9.17, 15) is 22.8 Å². The van der Waals surface area contributed by atoms with Gasteiger partial charge in [-0.1, -0.05) is 6.07 Å². The second kappa shape index (κ2) is 6.86. The summed E-state index contributed by atoms with van der Waals surface area (Å²) in [5.41, 5.74) is -1.74. The number of carbonyl (C=O) groups is 1. The molecule has 0 saturated carbocycles. The Morgan fingerprint density at radius 2 is 2.04 bits per heavy atom. The van der Waals surface area contributed by atoms with Crippen LogP contribution in [0.15, 0.2) is 47.7 Å². The van der Waals surface area contributed by atoms with Crippen molar-refractivity contribution in [2.24, 2.45) is 0 Å². The van der Waals surface area contributed by atoms with Gasteiger partial charge in [0, 0.05) is 25.6 Å². The molecule has 5 nitrogen and oxygen atoms in total. The van der Waals surface area contributed by atoms with Crippen LogP contribution in [-0.2, 0) is 17.5 Å². The highest BCUT2D eigenvalue weighted by Crippen LogP contribution is 2.26. The third kappa shape index (κ3) is 3.81. The Hall–Kier alpha value is -2.64. The number of aromatic nitrogens is 2. The van der Waals surface area contributed by atoms with Crippen LogP contribution < -0.4 is 5.56 Å². The highest BCUT2D eigenvalue weighted by Gasteiger charge is 2.34. The van der Waals surface area contributed by atoms with Crippen LogP contribution in [0.3, 0.4) is 0 Å². The second-order valence-electron chi connectivity index (χ2n) is 5.32. The standard InChI is InChI=1S/C16H16F3N3O2/c1-11(12-5-3-7-20-9-12)21(2)14(23)10-22-8-4-6-13(15(22)24)16(17,18)19/h3-9,11H,10H2,1-2H3. The molecule has 0 aromatic carbocycles. The molecule has 0 aliphatic carbocycles. The SMILES string of the molecule is CC(c1cccnc1)N(C)C(=O)Cn1cccc(C(F)(F)F)c1=O. The van der Waals surface area contributed by atoms with Crippen LogP contribution >= 0.6 is 0 Å². The molecule has 2 heterocycles. The fourth-order valence-corrected chi connectivity index (χ4v) is 2.20. The summed E-state index contributed by atoms with van der Waals surface area (Å²) in [4.78, 5) is 29.5. The van der Waals surface area contributed by atoms with Gasteiger partial charge in [0.25, 0.3) is 5.56 Å². The number of rotatable bonds is 4. The maximum atomic E-state index is 12.8. The first-order valence-corrected chi connectivity index (χ1v) is 7.14. The molecule has 0 fully saturated rings. The molecule has 2 aromatic rings. The Morgan fingerprint density at radius 1 is 1.33 bits per heavy atom. The summed E-state index contributed by atoms with van der Waals surface area (Å²) in [5, 5.41) is 0. The molecule has 0 bridgehead atoms. The topological polar surface area (TPSA) is 55.2 Å². The van der Waals surface area contributed by atoms with Gasteiger partial charge < -0.3 is 9.47 Å². The van der Waals surface area contributed by atoms with Crippen LogP contribution in [0.1, 0.15) is 24.1 Å². The van der Waals surface area contributed by atoms with E-state index in [1.54, 1.807) is 31.5 Å². The van der Waals surface area contributed by atoms with Crippen LogP contribution in [0.2, 0.25) is 0 Å². The molecule has 1 unspecified atom stereocenters. The normalized spacial score (nSPS) is 12.7. The zero-order valence-corrected chi connectivity index (χ0v) is 13.1. The van der Waals surface area contributed by atoms with E-state index < -0.39 is 29.8 Å². The molecule has 0 radical (unpaired) electrons. The first-order chi connectivity index (χ1) is 11.2. The van der Waals surface area contributed by atoms with Crippen LogP contribution in [0, 0.1) is 0 Å². The zero-order valence-electron chi connectivity index (χ0n) is 13.1. The van der Waals surface area contributed by atoms with Gasteiger partial charge in [0.1, 0.15) is 12.1 Å². The molecule has 24 heavy (non-hydrogen) atoms. The van der Waals surface area contributed by atoms with Gasteiger partial charge >= 0.3 is 6.18 Å². The maximum Gasteiger partial charge on any atom is 0.421 e. The van der Waals surface area contributed by atoms with E-state index in [4.69, 9.17) is 0 Å². The first-order valence-electron chi connectivity index (χ1n) is 7.14.